The number of nitrogens with zero attached hydrogens (tertiary/aromatic N) is 6. The van der Waals surface area contributed by atoms with E-state index in [4.69, 9.17) is 4.74 Å². The molecule has 1 aliphatic heterocycles. The molecule has 3 heterocycles. The third-order valence-corrected chi connectivity index (χ3v) is 7.24. The maximum absolute atomic E-state index is 14.3. The van der Waals surface area contributed by atoms with Crippen molar-refractivity contribution in [1.29, 1.82) is 0 Å². The second kappa shape index (κ2) is 11.8. The van der Waals surface area contributed by atoms with Gasteiger partial charge in [0.05, 0.1) is 11.3 Å². The molecule has 4 rings (SSSR count). The Balaban J connectivity index is 1.68. The van der Waals surface area contributed by atoms with Crippen molar-refractivity contribution < 1.29 is 31.9 Å². The molecule has 2 amide bonds. The second-order valence-electron chi connectivity index (χ2n) is 11.3. The third-order valence-electron chi connectivity index (χ3n) is 6.90. The first-order valence-corrected chi connectivity index (χ1v) is 14.3. The van der Waals surface area contributed by atoms with Crippen LogP contribution in [0, 0.1) is 12.7 Å². The molecule has 0 unspecified atom stereocenters. The monoisotopic (exact) mass is 673 g/mol. The molecule has 16 heteroatoms. The predicted molar refractivity (Wildman–Crippen MR) is 154 cm³/mol. The van der Waals surface area contributed by atoms with Crippen LogP contribution >= 0.6 is 15.9 Å². The van der Waals surface area contributed by atoms with E-state index in [0.717, 1.165) is 4.52 Å². The Morgan fingerprint density at radius 2 is 1.86 bits per heavy atom. The maximum atomic E-state index is 14.3. The topological polar surface area (TPSA) is 114 Å². The number of alkyl halides is 3. The molecule has 0 radical (unpaired) electrons. The molecule has 3 aromatic rings. The van der Waals surface area contributed by atoms with Crippen LogP contribution in [0.5, 0.6) is 0 Å². The van der Waals surface area contributed by atoms with Gasteiger partial charge in [-0.2, -0.15) is 22.7 Å². The number of anilines is 2. The number of ether oxygens (including phenoxy) is 1. The molecule has 0 saturated carbocycles. The van der Waals surface area contributed by atoms with Gasteiger partial charge in [0.15, 0.2) is 0 Å². The molecule has 1 saturated heterocycles. The van der Waals surface area contributed by atoms with Crippen LogP contribution in [0.25, 0.3) is 5.78 Å². The lowest BCUT2D eigenvalue weighted by atomic mass is 10.1. The van der Waals surface area contributed by atoms with Crippen molar-refractivity contribution >= 4 is 45.1 Å². The summed E-state index contributed by atoms with van der Waals surface area (Å²) < 4.78 is 61.8. The largest absolute Gasteiger partial charge is 0.444 e. The summed E-state index contributed by atoms with van der Waals surface area (Å²) in [6.45, 7) is 10.7. The molecule has 1 aromatic carbocycles. The van der Waals surface area contributed by atoms with Crippen molar-refractivity contribution in [2.24, 2.45) is 0 Å². The van der Waals surface area contributed by atoms with Crippen LogP contribution in [-0.4, -0.2) is 67.3 Å². The number of carbonyl (C=O) groups excluding carboxylic acids is 2. The van der Waals surface area contributed by atoms with E-state index >= 15 is 0 Å². The number of hydrogen-bond donors (Lipinski definition) is 1. The highest BCUT2D eigenvalue weighted by Crippen LogP contribution is 2.34. The van der Waals surface area contributed by atoms with Gasteiger partial charge in [-0.25, -0.2) is 9.18 Å². The minimum Gasteiger partial charge on any atom is -0.444 e. The minimum absolute atomic E-state index is 0.0191. The Morgan fingerprint density at radius 3 is 2.44 bits per heavy atom. The Hall–Kier alpha value is -3.69. The number of hydrogen-bond acceptors (Lipinski definition) is 7. The van der Waals surface area contributed by atoms with Crippen molar-refractivity contribution in [3.8, 4) is 0 Å². The molecule has 0 aliphatic carbocycles. The lowest BCUT2D eigenvalue weighted by molar-refractivity contribution is -0.140. The number of amides is 2. The molecule has 2 aromatic heterocycles. The highest BCUT2D eigenvalue weighted by atomic mass is 79.9. The quantitative estimate of drug-likeness (QED) is 0.388. The normalized spacial score (nSPS) is 16.1. The Kier molecular flexibility index (Phi) is 8.82. The van der Waals surface area contributed by atoms with Crippen LogP contribution in [0.2, 0.25) is 0 Å². The summed E-state index contributed by atoms with van der Waals surface area (Å²) in [5.74, 6) is -2.14. The fourth-order valence-corrected chi connectivity index (χ4v) is 5.34. The lowest BCUT2D eigenvalue weighted by Crippen LogP contribution is -2.56. The zero-order valence-electron chi connectivity index (χ0n) is 24.5. The number of benzene rings is 1. The van der Waals surface area contributed by atoms with Crippen molar-refractivity contribution in [3.63, 3.8) is 0 Å². The van der Waals surface area contributed by atoms with E-state index < -0.39 is 47.3 Å². The van der Waals surface area contributed by atoms with E-state index in [-0.39, 0.29) is 40.0 Å². The molecule has 1 atom stereocenters. The van der Waals surface area contributed by atoms with E-state index in [1.165, 1.54) is 11.5 Å². The van der Waals surface area contributed by atoms with E-state index in [2.05, 4.69) is 31.3 Å². The molecule has 1 aliphatic rings. The molecule has 1 N–H and O–H groups in total. The zero-order valence-corrected chi connectivity index (χ0v) is 26.1. The van der Waals surface area contributed by atoms with Crippen LogP contribution in [0.15, 0.2) is 21.7 Å². The summed E-state index contributed by atoms with van der Waals surface area (Å²) in [6.07, 6.45) is -5.05. The summed E-state index contributed by atoms with van der Waals surface area (Å²) in [4.78, 5) is 47.3. The summed E-state index contributed by atoms with van der Waals surface area (Å²) in [5.41, 5.74) is -1.95. The van der Waals surface area contributed by atoms with Gasteiger partial charge in [0.2, 0.25) is 16.4 Å². The Morgan fingerprint density at radius 1 is 1.19 bits per heavy atom. The summed E-state index contributed by atoms with van der Waals surface area (Å²) in [7, 11) is 0. The minimum atomic E-state index is -4.89. The number of aryl methyl sites for hydroxylation is 1. The molecular weight excluding hydrogens is 642 g/mol. The molecule has 0 bridgehead atoms. The van der Waals surface area contributed by atoms with Crippen molar-refractivity contribution in [1.82, 2.24) is 24.1 Å². The molecule has 43 heavy (non-hydrogen) atoms. The highest BCUT2D eigenvalue weighted by molar-refractivity contribution is 9.10. The first-order valence-electron chi connectivity index (χ1n) is 13.5. The Bertz CT molecular complexity index is 1630. The predicted octanol–water partition coefficient (Wildman–Crippen LogP) is 4.77. The van der Waals surface area contributed by atoms with Gasteiger partial charge in [0, 0.05) is 31.4 Å². The second-order valence-corrected chi connectivity index (χ2v) is 12.0. The van der Waals surface area contributed by atoms with E-state index in [9.17, 15) is 31.9 Å². The molecule has 11 nitrogen and oxygen atoms in total. The lowest BCUT2D eigenvalue weighted by Gasteiger charge is -2.41. The summed E-state index contributed by atoms with van der Waals surface area (Å²) >= 11 is 3.18. The van der Waals surface area contributed by atoms with Crippen molar-refractivity contribution in [2.45, 2.75) is 72.3 Å². The standard InChI is InChI=1S/C27H32BrF4N7O4/c1-7-19-21(36-8-9-37(15(3)12-36)25(42)43-26(4,5)6)22(41)39-24(34-23(28)35-39)38(19)13-20(40)33-18-11-17(29)16(10-14(18)2)27(30,31)32/h10-11,15H,7-9,12-13H2,1-6H3,(H,33,40)/t15-/m1/s1. The first-order chi connectivity index (χ1) is 19.9. The van der Waals surface area contributed by atoms with Crippen LogP contribution in [0.3, 0.4) is 0 Å². The average molecular weight is 674 g/mol. The third kappa shape index (κ3) is 6.78. The fraction of sp³-hybridized carbons (Fsp3) is 0.519. The van der Waals surface area contributed by atoms with E-state index in [1.807, 2.05) is 11.8 Å². The molecule has 1 fully saturated rings. The fourth-order valence-electron chi connectivity index (χ4n) is 5.02. The summed E-state index contributed by atoms with van der Waals surface area (Å²) in [6, 6.07) is 0.939. The van der Waals surface area contributed by atoms with Gasteiger partial charge in [0.25, 0.3) is 5.56 Å². The Labute approximate surface area is 252 Å². The van der Waals surface area contributed by atoms with Gasteiger partial charge in [-0.15, -0.1) is 5.10 Å². The number of aromatic nitrogens is 4. The summed E-state index contributed by atoms with van der Waals surface area (Å²) in [5, 5.41) is 6.62. The van der Waals surface area contributed by atoms with E-state index in [0.29, 0.717) is 37.3 Å². The van der Waals surface area contributed by atoms with Gasteiger partial charge in [0.1, 0.15) is 23.7 Å². The highest BCUT2D eigenvalue weighted by Gasteiger charge is 2.36. The van der Waals surface area contributed by atoms with Gasteiger partial charge >= 0.3 is 12.3 Å². The van der Waals surface area contributed by atoms with E-state index in [1.54, 1.807) is 32.6 Å². The van der Waals surface area contributed by atoms with Crippen LogP contribution in [0.4, 0.5) is 33.7 Å². The van der Waals surface area contributed by atoms with Gasteiger partial charge in [-0.3, -0.25) is 9.59 Å². The maximum Gasteiger partial charge on any atom is 0.419 e. The number of rotatable bonds is 5. The number of carbonyl (C=O) groups is 2. The zero-order chi connectivity index (χ0) is 32.0. The van der Waals surface area contributed by atoms with Crippen molar-refractivity contribution in [3.05, 3.63) is 49.9 Å². The average Bonchev–Trinajstić information content (AvgIpc) is 3.27. The van der Waals surface area contributed by atoms with Gasteiger partial charge in [-0.1, -0.05) is 6.92 Å². The molecule has 0 spiro atoms. The van der Waals surface area contributed by atoms with Crippen LogP contribution < -0.4 is 15.8 Å². The smallest absolute Gasteiger partial charge is 0.419 e. The number of nitrogens with one attached hydrogen (secondary N) is 1. The first kappa shape index (κ1) is 32.2. The number of halogens is 5. The van der Waals surface area contributed by atoms with Crippen LogP contribution in [0.1, 0.15) is 51.4 Å². The number of piperazine rings is 1. The molecular formula is C27H32BrF4N7O4. The van der Waals surface area contributed by atoms with Gasteiger partial charge < -0.3 is 24.4 Å². The number of fused-ring (bicyclic) bond motifs is 1. The van der Waals surface area contributed by atoms with Gasteiger partial charge in [-0.05, 0) is 74.7 Å². The van der Waals surface area contributed by atoms with Crippen molar-refractivity contribution in [2.75, 3.05) is 29.9 Å². The molecule has 234 valence electrons. The SMILES string of the molecule is CCc1c(N2CCN(C(=O)OC(C)(C)C)[C@H](C)C2)c(=O)n2nc(Br)nc2n1CC(=O)Nc1cc(F)c(C(F)(F)F)cc1C. The van der Waals surface area contributed by atoms with Crippen LogP contribution in [-0.2, 0) is 28.7 Å².